The predicted octanol–water partition coefficient (Wildman–Crippen LogP) is 3.91. The Hall–Kier alpha value is -1.77. The van der Waals surface area contributed by atoms with E-state index in [1.807, 2.05) is 13.8 Å². The van der Waals surface area contributed by atoms with Crippen LogP contribution in [0.15, 0.2) is 30.5 Å². The van der Waals surface area contributed by atoms with Gasteiger partial charge in [0.1, 0.15) is 11.6 Å². The van der Waals surface area contributed by atoms with E-state index in [2.05, 4.69) is 32.6 Å². The summed E-state index contributed by atoms with van der Waals surface area (Å²) in [7, 11) is 0. The molecule has 0 fully saturated rings. The molecular formula is C13H12IN3O3. The van der Waals surface area contributed by atoms with Gasteiger partial charge in [-0.15, -0.1) is 0 Å². The summed E-state index contributed by atoms with van der Waals surface area (Å²) in [5.74, 6) is 1.64. The lowest BCUT2D eigenvalue weighted by molar-refractivity contribution is -0.384. The average Bonchev–Trinajstić information content (AvgIpc) is 2.41. The van der Waals surface area contributed by atoms with E-state index < -0.39 is 4.92 Å². The van der Waals surface area contributed by atoms with Crippen molar-refractivity contribution < 1.29 is 9.66 Å². The molecule has 7 heteroatoms. The van der Waals surface area contributed by atoms with E-state index in [0.29, 0.717) is 17.5 Å². The largest absolute Gasteiger partial charge is 0.438 e. The van der Waals surface area contributed by atoms with Gasteiger partial charge in [-0.05, 0) is 28.7 Å². The highest BCUT2D eigenvalue weighted by molar-refractivity contribution is 14.1. The highest BCUT2D eigenvalue weighted by Crippen LogP contribution is 2.29. The van der Waals surface area contributed by atoms with Crippen molar-refractivity contribution in [1.29, 1.82) is 0 Å². The molecule has 1 aromatic heterocycles. The van der Waals surface area contributed by atoms with Crippen molar-refractivity contribution >= 4 is 28.3 Å². The summed E-state index contributed by atoms with van der Waals surface area (Å²) in [6.07, 6.45) is 1.61. The zero-order chi connectivity index (χ0) is 14.7. The van der Waals surface area contributed by atoms with Crippen LogP contribution < -0.4 is 4.74 Å². The van der Waals surface area contributed by atoms with Crippen molar-refractivity contribution in [1.82, 2.24) is 9.97 Å². The van der Waals surface area contributed by atoms with Crippen LogP contribution in [0.4, 0.5) is 5.69 Å². The van der Waals surface area contributed by atoms with Crippen molar-refractivity contribution in [2.45, 2.75) is 19.8 Å². The number of aromatic nitrogens is 2. The number of hydrogen-bond donors (Lipinski definition) is 0. The minimum Gasteiger partial charge on any atom is -0.438 e. The second kappa shape index (κ2) is 6.12. The van der Waals surface area contributed by atoms with Gasteiger partial charge in [0.25, 0.3) is 5.69 Å². The van der Waals surface area contributed by atoms with Crippen molar-refractivity contribution in [3.8, 4) is 11.6 Å². The summed E-state index contributed by atoms with van der Waals surface area (Å²) < 4.78 is 6.40. The molecule has 1 aromatic carbocycles. The van der Waals surface area contributed by atoms with Crippen LogP contribution >= 0.6 is 22.6 Å². The number of nitro groups is 1. The van der Waals surface area contributed by atoms with Crippen LogP contribution in [0.2, 0.25) is 0 Å². The van der Waals surface area contributed by atoms with E-state index in [0.717, 1.165) is 3.57 Å². The number of nitrogens with zero attached hydrogens (tertiary/aromatic N) is 3. The van der Waals surface area contributed by atoms with Gasteiger partial charge in [-0.2, -0.15) is 4.98 Å². The standard InChI is InChI=1S/C13H12IN3O3/c1-8(2)13-15-6-5-12(16-13)20-11-7-9(17(18)19)3-4-10(11)14/h3-8H,1-2H3. The molecule has 20 heavy (non-hydrogen) atoms. The molecule has 104 valence electrons. The van der Waals surface area contributed by atoms with Crippen LogP contribution in [-0.2, 0) is 0 Å². The molecule has 0 saturated heterocycles. The highest BCUT2D eigenvalue weighted by atomic mass is 127. The molecule has 0 amide bonds. The topological polar surface area (TPSA) is 78.2 Å². The second-order valence-electron chi connectivity index (χ2n) is 4.38. The molecule has 1 heterocycles. The fourth-order valence-corrected chi connectivity index (χ4v) is 1.93. The van der Waals surface area contributed by atoms with Crippen LogP contribution in [-0.4, -0.2) is 14.9 Å². The first-order valence-corrected chi connectivity index (χ1v) is 7.00. The number of halogens is 1. The number of non-ortho nitro benzene ring substituents is 1. The molecule has 2 rings (SSSR count). The first kappa shape index (κ1) is 14.6. The lowest BCUT2D eigenvalue weighted by Gasteiger charge is -2.09. The third-order valence-corrected chi connectivity index (χ3v) is 3.40. The van der Waals surface area contributed by atoms with E-state index >= 15 is 0 Å². The summed E-state index contributed by atoms with van der Waals surface area (Å²) in [4.78, 5) is 18.8. The quantitative estimate of drug-likeness (QED) is 0.453. The zero-order valence-corrected chi connectivity index (χ0v) is 13.1. The Labute approximate surface area is 129 Å². The van der Waals surface area contributed by atoms with E-state index in [4.69, 9.17) is 4.74 Å². The maximum absolute atomic E-state index is 10.8. The lowest BCUT2D eigenvalue weighted by Crippen LogP contribution is -1.99. The van der Waals surface area contributed by atoms with E-state index in [1.165, 1.54) is 12.1 Å². The Morgan fingerprint density at radius 2 is 2.10 bits per heavy atom. The fraction of sp³-hybridized carbons (Fsp3) is 0.231. The Kier molecular flexibility index (Phi) is 4.48. The van der Waals surface area contributed by atoms with Crippen molar-refractivity contribution in [2.75, 3.05) is 0 Å². The Morgan fingerprint density at radius 1 is 1.35 bits per heavy atom. The molecule has 0 aliphatic rings. The van der Waals surface area contributed by atoms with Gasteiger partial charge in [0.05, 0.1) is 14.6 Å². The number of rotatable bonds is 4. The fourth-order valence-electron chi connectivity index (χ4n) is 1.49. The predicted molar refractivity (Wildman–Crippen MR) is 82.0 cm³/mol. The van der Waals surface area contributed by atoms with Gasteiger partial charge in [0.2, 0.25) is 5.88 Å². The normalized spacial score (nSPS) is 10.6. The summed E-state index contributed by atoms with van der Waals surface area (Å²) in [5, 5.41) is 10.8. The summed E-state index contributed by atoms with van der Waals surface area (Å²) in [5.41, 5.74) is -0.0152. The maximum atomic E-state index is 10.8. The maximum Gasteiger partial charge on any atom is 0.273 e. The average molecular weight is 385 g/mol. The van der Waals surface area contributed by atoms with E-state index in [9.17, 15) is 10.1 Å². The van der Waals surface area contributed by atoms with Crippen LogP contribution in [0.25, 0.3) is 0 Å². The minimum atomic E-state index is -0.456. The van der Waals surface area contributed by atoms with Gasteiger partial charge in [0.15, 0.2) is 0 Å². The monoisotopic (exact) mass is 385 g/mol. The van der Waals surface area contributed by atoms with Crippen LogP contribution in [0.3, 0.4) is 0 Å². The minimum absolute atomic E-state index is 0.0152. The molecule has 0 saturated carbocycles. The number of ether oxygens (including phenoxy) is 1. The molecule has 6 nitrogen and oxygen atoms in total. The van der Waals surface area contributed by atoms with Gasteiger partial charge in [-0.25, -0.2) is 4.98 Å². The molecule has 0 aliphatic heterocycles. The first-order valence-electron chi connectivity index (χ1n) is 5.92. The van der Waals surface area contributed by atoms with E-state index in [-0.39, 0.29) is 11.6 Å². The molecule has 0 N–H and O–H groups in total. The second-order valence-corrected chi connectivity index (χ2v) is 5.54. The van der Waals surface area contributed by atoms with Crippen molar-refractivity contribution in [3.05, 3.63) is 50.0 Å². The van der Waals surface area contributed by atoms with Gasteiger partial charge in [-0.1, -0.05) is 13.8 Å². The summed E-state index contributed by atoms with van der Waals surface area (Å²) in [6, 6.07) is 6.09. The highest BCUT2D eigenvalue weighted by Gasteiger charge is 2.12. The molecule has 0 bridgehead atoms. The molecular weight excluding hydrogens is 373 g/mol. The molecule has 0 radical (unpaired) electrons. The Morgan fingerprint density at radius 3 is 2.75 bits per heavy atom. The summed E-state index contributed by atoms with van der Waals surface area (Å²) in [6.45, 7) is 3.96. The van der Waals surface area contributed by atoms with Gasteiger partial charge >= 0.3 is 0 Å². The van der Waals surface area contributed by atoms with Crippen LogP contribution in [0.1, 0.15) is 25.6 Å². The van der Waals surface area contributed by atoms with Gasteiger partial charge in [-0.3, -0.25) is 10.1 Å². The first-order chi connectivity index (χ1) is 9.47. The number of nitro benzene ring substituents is 1. The lowest BCUT2D eigenvalue weighted by atomic mass is 10.2. The molecule has 0 unspecified atom stereocenters. The Balaban J connectivity index is 2.32. The van der Waals surface area contributed by atoms with Crippen LogP contribution in [0, 0.1) is 13.7 Å². The smallest absolute Gasteiger partial charge is 0.273 e. The molecule has 0 atom stereocenters. The molecule has 0 spiro atoms. The van der Waals surface area contributed by atoms with Gasteiger partial charge < -0.3 is 4.74 Å². The van der Waals surface area contributed by atoms with Crippen molar-refractivity contribution in [3.63, 3.8) is 0 Å². The summed E-state index contributed by atoms with van der Waals surface area (Å²) >= 11 is 2.06. The number of benzene rings is 1. The third-order valence-electron chi connectivity index (χ3n) is 2.51. The third kappa shape index (κ3) is 3.41. The number of hydrogen-bond acceptors (Lipinski definition) is 5. The Bertz CT molecular complexity index is 647. The zero-order valence-electron chi connectivity index (χ0n) is 10.9. The molecule has 2 aromatic rings. The van der Waals surface area contributed by atoms with Crippen molar-refractivity contribution in [2.24, 2.45) is 0 Å². The van der Waals surface area contributed by atoms with E-state index in [1.54, 1.807) is 18.3 Å². The molecule has 0 aliphatic carbocycles. The SMILES string of the molecule is CC(C)c1nccc(Oc2cc([N+](=O)[O-])ccc2I)n1. The van der Waals surface area contributed by atoms with Crippen LogP contribution in [0.5, 0.6) is 11.6 Å². The van der Waals surface area contributed by atoms with Gasteiger partial charge in [0, 0.05) is 24.2 Å².